The van der Waals surface area contributed by atoms with Gasteiger partial charge in [-0.05, 0) is 31.4 Å². The molecule has 0 saturated heterocycles. The number of carbonyl (C=O) groups excluding carboxylic acids is 1. The van der Waals surface area contributed by atoms with E-state index in [4.69, 9.17) is 10.2 Å². The maximum Gasteiger partial charge on any atom is 0.226 e. The molecule has 0 bridgehead atoms. The highest BCUT2D eigenvalue weighted by molar-refractivity contribution is 5.79. The largest absolute Gasteiger partial charge is 0.441 e. The normalized spacial score (nSPS) is 23.8. The van der Waals surface area contributed by atoms with Crippen LogP contribution in [0.2, 0.25) is 0 Å². The van der Waals surface area contributed by atoms with Gasteiger partial charge in [0.05, 0.1) is 6.54 Å². The van der Waals surface area contributed by atoms with E-state index in [0.29, 0.717) is 19.0 Å². The molecule has 2 aromatic rings. The van der Waals surface area contributed by atoms with Crippen LogP contribution in [0.4, 0.5) is 0 Å². The number of nitrogens with two attached hydrogens (primary N) is 1. The van der Waals surface area contributed by atoms with Crippen LogP contribution in [0.3, 0.4) is 0 Å². The summed E-state index contributed by atoms with van der Waals surface area (Å²) in [6.45, 7) is 1.26. The fourth-order valence-corrected chi connectivity index (χ4v) is 3.80. The van der Waals surface area contributed by atoms with Crippen LogP contribution in [-0.4, -0.2) is 28.4 Å². The van der Waals surface area contributed by atoms with Crippen LogP contribution >= 0.6 is 0 Å². The molecule has 1 amide bonds. The number of carbonyl (C=O) groups is 1. The second-order valence-electron chi connectivity index (χ2n) is 6.89. The van der Waals surface area contributed by atoms with Gasteiger partial charge < -0.3 is 15.1 Å². The van der Waals surface area contributed by atoms with Crippen molar-refractivity contribution in [2.75, 3.05) is 6.54 Å². The lowest BCUT2D eigenvalue weighted by molar-refractivity contribution is -0.137. The van der Waals surface area contributed by atoms with Gasteiger partial charge in [-0.2, -0.15) is 0 Å². The standard InChI is InChI=1S/C19H23N3O2/c20-15-8-4-7-14(11-15)19(23)22-10-9-17-16(12-22)21-18(24-17)13-5-2-1-3-6-13/h1-3,5-6,14-15H,4,7-12,20H2/t14-,15+/m1/s1. The summed E-state index contributed by atoms with van der Waals surface area (Å²) in [5.41, 5.74) is 7.91. The van der Waals surface area contributed by atoms with Crippen molar-refractivity contribution < 1.29 is 9.21 Å². The Kier molecular flexibility index (Phi) is 4.10. The molecule has 2 heterocycles. The number of amides is 1. The molecular weight excluding hydrogens is 302 g/mol. The van der Waals surface area contributed by atoms with Crippen molar-refractivity contribution in [2.45, 2.75) is 44.7 Å². The van der Waals surface area contributed by atoms with Gasteiger partial charge in [0.25, 0.3) is 0 Å². The first-order chi connectivity index (χ1) is 11.7. The van der Waals surface area contributed by atoms with E-state index in [1.54, 1.807) is 0 Å². The maximum absolute atomic E-state index is 12.8. The fourth-order valence-electron chi connectivity index (χ4n) is 3.80. The van der Waals surface area contributed by atoms with E-state index in [1.165, 1.54) is 0 Å². The monoisotopic (exact) mass is 325 g/mol. The molecule has 2 atom stereocenters. The number of benzene rings is 1. The van der Waals surface area contributed by atoms with Gasteiger partial charge in [0.1, 0.15) is 11.5 Å². The molecule has 1 aromatic heterocycles. The Morgan fingerprint density at radius 1 is 1.25 bits per heavy atom. The first-order valence-electron chi connectivity index (χ1n) is 8.79. The third-order valence-electron chi connectivity index (χ3n) is 5.12. The highest BCUT2D eigenvalue weighted by Gasteiger charge is 2.32. The molecular formula is C19H23N3O2. The quantitative estimate of drug-likeness (QED) is 0.921. The molecule has 1 aliphatic heterocycles. The number of fused-ring (bicyclic) bond motifs is 1. The third kappa shape index (κ3) is 2.96. The molecule has 2 N–H and O–H groups in total. The van der Waals surface area contributed by atoms with Crippen molar-refractivity contribution in [3.8, 4) is 11.5 Å². The topological polar surface area (TPSA) is 72.4 Å². The van der Waals surface area contributed by atoms with Gasteiger partial charge in [0.15, 0.2) is 0 Å². The van der Waals surface area contributed by atoms with E-state index in [1.807, 2.05) is 35.2 Å². The summed E-state index contributed by atoms with van der Waals surface area (Å²) in [4.78, 5) is 19.4. The number of rotatable bonds is 2. The van der Waals surface area contributed by atoms with Crippen molar-refractivity contribution in [2.24, 2.45) is 11.7 Å². The summed E-state index contributed by atoms with van der Waals surface area (Å²) < 4.78 is 5.91. The number of hydrogen-bond acceptors (Lipinski definition) is 4. The Balaban J connectivity index is 1.49. The lowest BCUT2D eigenvalue weighted by Crippen LogP contribution is -2.42. The molecule has 5 nitrogen and oxygen atoms in total. The van der Waals surface area contributed by atoms with Gasteiger partial charge in [-0.15, -0.1) is 0 Å². The molecule has 126 valence electrons. The van der Waals surface area contributed by atoms with Crippen molar-refractivity contribution in [1.82, 2.24) is 9.88 Å². The molecule has 0 radical (unpaired) electrons. The summed E-state index contributed by atoms with van der Waals surface area (Å²) in [5.74, 6) is 1.88. The van der Waals surface area contributed by atoms with Gasteiger partial charge in [-0.25, -0.2) is 4.98 Å². The molecule has 4 rings (SSSR count). The second kappa shape index (κ2) is 6.40. The molecule has 1 aromatic carbocycles. The average molecular weight is 325 g/mol. The van der Waals surface area contributed by atoms with E-state index >= 15 is 0 Å². The van der Waals surface area contributed by atoms with Crippen LogP contribution in [0.5, 0.6) is 0 Å². The van der Waals surface area contributed by atoms with Crippen molar-refractivity contribution in [1.29, 1.82) is 0 Å². The predicted octanol–water partition coefficient (Wildman–Crippen LogP) is 2.74. The van der Waals surface area contributed by atoms with Crippen LogP contribution in [0, 0.1) is 5.92 Å². The van der Waals surface area contributed by atoms with Crippen LogP contribution in [0.25, 0.3) is 11.5 Å². The first-order valence-corrected chi connectivity index (χ1v) is 8.79. The highest BCUT2D eigenvalue weighted by atomic mass is 16.4. The van der Waals surface area contributed by atoms with Gasteiger partial charge in [-0.3, -0.25) is 4.79 Å². The van der Waals surface area contributed by atoms with E-state index in [9.17, 15) is 4.79 Å². The van der Waals surface area contributed by atoms with Crippen LogP contribution in [0.15, 0.2) is 34.7 Å². The molecule has 1 fully saturated rings. The van der Waals surface area contributed by atoms with Gasteiger partial charge in [0.2, 0.25) is 11.8 Å². The second-order valence-corrected chi connectivity index (χ2v) is 6.89. The summed E-state index contributed by atoms with van der Waals surface area (Å²) in [6, 6.07) is 10.1. The summed E-state index contributed by atoms with van der Waals surface area (Å²) in [7, 11) is 0. The first kappa shape index (κ1) is 15.4. The molecule has 0 unspecified atom stereocenters. The van der Waals surface area contributed by atoms with E-state index in [-0.39, 0.29) is 17.9 Å². The zero-order chi connectivity index (χ0) is 16.5. The number of aromatic nitrogens is 1. The minimum atomic E-state index is 0.0794. The van der Waals surface area contributed by atoms with Gasteiger partial charge in [-0.1, -0.05) is 24.6 Å². The van der Waals surface area contributed by atoms with E-state index < -0.39 is 0 Å². The predicted molar refractivity (Wildman–Crippen MR) is 91.0 cm³/mol. The maximum atomic E-state index is 12.8. The van der Waals surface area contributed by atoms with Gasteiger partial charge in [0, 0.05) is 30.5 Å². The lowest BCUT2D eigenvalue weighted by Gasteiger charge is -2.32. The van der Waals surface area contributed by atoms with Crippen molar-refractivity contribution >= 4 is 5.91 Å². The zero-order valence-electron chi connectivity index (χ0n) is 13.8. The minimum absolute atomic E-state index is 0.0794. The Morgan fingerprint density at radius 2 is 2.08 bits per heavy atom. The smallest absolute Gasteiger partial charge is 0.226 e. The molecule has 1 aliphatic carbocycles. The minimum Gasteiger partial charge on any atom is -0.441 e. The van der Waals surface area contributed by atoms with E-state index in [2.05, 4.69) is 4.98 Å². The zero-order valence-corrected chi connectivity index (χ0v) is 13.8. The van der Waals surface area contributed by atoms with Crippen LogP contribution in [-0.2, 0) is 17.8 Å². The van der Waals surface area contributed by atoms with Crippen LogP contribution < -0.4 is 5.73 Å². The summed E-state index contributed by atoms with van der Waals surface area (Å²) in [6.07, 6.45) is 4.61. The Bertz CT molecular complexity index is 725. The summed E-state index contributed by atoms with van der Waals surface area (Å²) in [5, 5.41) is 0. The molecule has 0 spiro atoms. The van der Waals surface area contributed by atoms with Crippen LogP contribution in [0.1, 0.15) is 37.1 Å². The number of hydrogen-bond donors (Lipinski definition) is 1. The number of nitrogens with zero attached hydrogens (tertiary/aromatic N) is 2. The highest BCUT2D eigenvalue weighted by Crippen LogP contribution is 2.29. The SMILES string of the molecule is N[C@H]1CCC[C@@H](C(=O)N2CCc3oc(-c4ccccc4)nc3C2)C1. The number of oxazole rings is 1. The van der Waals surface area contributed by atoms with E-state index in [0.717, 1.165) is 49.1 Å². The summed E-state index contributed by atoms with van der Waals surface area (Å²) >= 11 is 0. The van der Waals surface area contributed by atoms with Crippen molar-refractivity contribution in [3.05, 3.63) is 41.8 Å². The fraction of sp³-hybridized carbons (Fsp3) is 0.474. The van der Waals surface area contributed by atoms with Gasteiger partial charge >= 0.3 is 0 Å². The molecule has 1 saturated carbocycles. The Morgan fingerprint density at radius 3 is 2.88 bits per heavy atom. The average Bonchev–Trinajstić information content (AvgIpc) is 3.05. The van der Waals surface area contributed by atoms with Crippen molar-refractivity contribution in [3.63, 3.8) is 0 Å². The lowest BCUT2D eigenvalue weighted by atomic mass is 9.85. The molecule has 5 heteroatoms. The molecule has 2 aliphatic rings. The Labute approximate surface area is 141 Å². The molecule has 24 heavy (non-hydrogen) atoms. The Hall–Kier alpha value is -2.14. The third-order valence-corrected chi connectivity index (χ3v) is 5.12.